The van der Waals surface area contributed by atoms with Gasteiger partial charge in [0.05, 0.1) is 31.7 Å². The Hall–Kier alpha value is -4.11. The molecular formula is C24H20N2O6S. The van der Waals surface area contributed by atoms with Crippen LogP contribution >= 0.6 is 11.3 Å². The second-order valence-corrected chi connectivity index (χ2v) is 7.66. The second-order valence-electron chi connectivity index (χ2n) is 6.80. The number of methoxy groups -OCH3 is 2. The van der Waals surface area contributed by atoms with Crippen LogP contribution in [0.15, 0.2) is 70.7 Å². The SMILES string of the molecule is COc1ccc(-c2nc(COC(=O)c3ccc(NC(=O)c4ccco4)cc3)cs2)cc1OC. The molecule has 1 N–H and O–H groups in total. The third-order valence-corrected chi connectivity index (χ3v) is 5.60. The molecule has 0 bridgehead atoms. The molecule has 2 aromatic carbocycles. The van der Waals surface area contributed by atoms with E-state index in [0.717, 1.165) is 10.6 Å². The smallest absolute Gasteiger partial charge is 0.338 e. The van der Waals surface area contributed by atoms with Gasteiger partial charge in [-0.2, -0.15) is 0 Å². The average Bonchev–Trinajstić information content (AvgIpc) is 3.55. The number of anilines is 1. The number of hydrogen-bond acceptors (Lipinski definition) is 8. The van der Waals surface area contributed by atoms with Gasteiger partial charge in [-0.05, 0) is 54.6 Å². The van der Waals surface area contributed by atoms with Crippen molar-refractivity contribution in [3.8, 4) is 22.1 Å². The van der Waals surface area contributed by atoms with Gasteiger partial charge in [-0.15, -0.1) is 11.3 Å². The van der Waals surface area contributed by atoms with Crippen molar-refractivity contribution in [3.63, 3.8) is 0 Å². The average molecular weight is 464 g/mol. The standard InChI is InChI=1S/C24H20N2O6S/c1-29-19-10-7-16(12-21(19)30-2)23-26-18(14-33-23)13-32-24(28)15-5-8-17(9-6-15)25-22(27)20-4-3-11-31-20/h3-12,14H,13H2,1-2H3,(H,25,27). The van der Waals surface area contributed by atoms with Crippen molar-refractivity contribution < 1.29 is 28.2 Å². The van der Waals surface area contributed by atoms with Crippen LogP contribution < -0.4 is 14.8 Å². The molecule has 9 heteroatoms. The predicted molar refractivity (Wildman–Crippen MR) is 123 cm³/mol. The lowest BCUT2D eigenvalue weighted by Crippen LogP contribution is -2.11. The summed E-state index contributed by atoms with van der Waals surface area (Å²) >= 11 is 1.44. The van der Waals surface area contributed by atoms with Crippen LogP contribution in [0.4, 0.5) is 5.69 Å². The number of amides is 1. The molecule has 0 saturated carbocycles. The van der Waals surface area contributed by atoms with Crippen LogP contribution in [0.1, 0.15) is 26.6 Å². The normalized spacial score (nSPS) is 10.5. The maximum atomic E-state index is 12.4. The molecule has 0 unspecified atom stereocenters. The summed E-state index contributed by atoms with van der Waals surface area (Å²) < 4.78 is 21.0. The van der Waals surface area contributed by atoms with E-state index in [1.165, 1.54) is 17.6 Å². The number of esters is 1. The Morgan fingerprint density at radius 2 is 1.82 bits per heavy atom. The van der Waals surface area contributed by atoms with E-state index in [1.807, 2.05) is 23.6 Å². The largest absolute Gasteiger partial charge is 0.493 e. The molecule has 4 rings (SSSR count). The summed E-state index contributed by atoms with van der Waals surface area (Å²) in [7, 11) is 3.16. The molecule has 168 valence electrons. The monoisotopic (exact) mass is 464 g/mol. The number of carbonyl (C=O) groups excluding carboxylic acids is 2. The van der Waals surface area contributed by atoms with Crippen molar-refractivity contribution in [2.45, 2.75) is 6.61 Å². The van der Waals surface area contributed by atoms with Crippen LogP contribution in [0.5, 0.6) is 11.5 Å². The number of thiazole rings is 1. The molecule has 8 nitrogen and oxygen atoms in total. The van der Waals surface area contributed by atoms with Gasteiger partial charge >= 0.3 is 5.97 Å². The van der Waals surface area contributed by atoms with Crippen molar-refractivity contribution in [3.05, 3.63) is 83.3 Å². The molecule has 0 spiro atoms. The van der Waals surface area contributed by atoms with Gasteiger partial charge in [0, 0.05) is 16.6 Å². The maximum Gasteiger partial charge on any atom is 0.338 e. The Labute approximate surface area is 193 Å². The van der Waals surface area contributed by atoms with E-state index in [1.54, 1.807) is 50.6 Å². The molecule has 33 heavy (non-hydrogen) atoms. The van der Waals surface area contributed by atoms with Gasteiger partial charge in [0.25, 0.3) is 5.91 Å². The Bertz CT molecular complexity index is 1250. The van der Waals surface area contributed by atoms with Crippen molar-refractivity contribution in [2.24, 2.45) is 0 Å². The van der Waals surface area contributed by atoms with Gasteiger partial charge in [-0.3, -0.25) is 4.79 Å². The Morgan fingerprint density at radius 1 is 1.03 bits per heavy atom. The molecule has 0 saturated heterocycles. The number of aromatic nitrogens is 1. The van der Waals surface area contributed by atoms with E-state index in [9.17, 15) is 9.59 Å². The van der Waals surface area contributed by atoms with Crippen LogP contribution in [-0.4, -0.2) is 31.1 Å². The second kappa shape index (κ2) is 10.0. The van der Waals surface area contributed by atoms with Gasteiger partial charge in [-0.1, -0.05) is 0 Å². The number of furan rings is 1. The molecule has 0 fully saturated rings. The molecule has 0 aliphatic heterocycles. The predicted octanol–water partition coefficient (Wildman–Crippen LogP) is 5.03. The topological polar surface area (TPSA) is 99.9 Å². The number of rotatable bonds is 8. The van der Waals surface area contributed by atoms with Gasteiger partial charge in [0.15, 0.2) is 17.3 Å². The Kier molecular flexibility index (Phi) is 6.70. The highest BCUT2D eigenvalue weighted by molar-refractivity contribution is 7.13. The summed E-state index contributed by atoms with van der Waals surface area (Å²) in [5, 5.41) is 5.31. The fourth-order valence-corrected chi connectivity index (χ4v) is 3.79. The van der Waals surface area contributed by atoms with Crippen molar-refractivity contribution in [1.29, 1.82) is 0 Å². The van der Waals surface area contributed by atoms with Gasteiger partial charge < -0.3 is 23.9 Å². The van der Waals surface area contributed by atoms with Gasteiger partial charge in [-0.25, -0.2) is 9.78 Å². The first kappa shape index (κ1) is 22.1. The van der Waals surface area contributed by atoms with Gasteiger partial charge in [0.2, 0.25) is 0 Å². The molecule has 1 amide bonds. The zero-order valence-electron chi connectivity index (χ0n) is 17.9. The van der Waals surface area contributed by atoms with Crippen LogP contribution in [0.3, 0.4) is 0 Å². The number of ether oxygens (including phenoxy) is 3. The third-order valence-electron chi connectivity index (χ3n) is 4.66. The highest BCUT2D eigenvalue weighted by atomic mass is 32.1. The van der Waals surface area contributed by atoms with Crippen LogP contribution in [0.2, 0.25) is 0 Å². The quantitative estimate of drug-likeness (QED) is 0.365. The summed E-state index contributed by atoms with van der Waals surface area (Å²) in [6.45, 7) is 0.0413. The minimum Gasteiger partial charge on any atom is -0.493 e. The summed E-state index contributed by atoms with van der Waals surface area (Å²) in [5.41, 5.74) is 2.41. The van der Waals surface area contributed by atoms with E-state index < -0.39 is 5.97 Å². The third kappa shape index (κ3) is 5.21. The molecular weight excluding hydrogens is 444 g/mol. The first-order valence-corrected chi connectivity index (χ1v) is 10.7. The number of hydrogen-bond donors (Lipinski definition) is 1. The van der Waals surface area contributed by atoms with Crippen molar-refractivity contribution in [2.75, 3.05) is 19.5 Å². The summed E-state index contributed by atoms with van der Waals surface area (Å²) in [6.07, 6.45) is 1.42. The van der Waals surface area contributed by atoms with Crippen molar-refractivity contribution in [1.82, 2.24) is 4.98 Å². The molecule has 2 heterocycles. The minimum atomic E-state index is -0.487. The maximum absolute atomic E-state index is 12.4. The summed E-state index contributed by atoms with van der Waals surface area (Å²) in [5.74, 6) is 0.596. The Morgan fingerprint density at radius 3 is 2.52 bits per heavy atom. The number of carbonyl (C=O) groups is 2. The van der Waals surface area contributed by atoms with E-state index >= 15 is 0 Å². The molecule has 0 aliphatic rings. The lowest BCUT2D eigenvalue weighted by atomic mass is 10.2. The fraction of sp³-hybridized carbons (Fsp3) is 0.125. The number of benzene rings is 2. The Balaban J connectivity index is 1.35. The molecule has 0 aliphatic carbocycles. The zero-order valence-corrected chi connectivity index (χ0v) is 18.7. The van der Waals surface area contributed by atoms with Crippen molar-refractivity contribution >= 4 is 28.9 Å². The van der Waals surface area contributed by atoms with E-state index in [4.69, 9.17) is 18.6 Å². The summed E-state index contributed by atoms with van der Waals surface area (Å²) in [4.78, 5) is 28.9. The number of nitrogens with one attached hydrogen (secondary N) is 1. The minimum absolute atomic E-state index is 0.0413. The van der Waals surface area contributed by atoms with Crippen LogP contribution in [0, 0.1) is 0 Å². The molecule has 0 atom stereocenters. The van der Waals surface area contributed by atoms with E-state index in [2.05, 4.69) is 10.3 Å². The lowest BCUT2D eigenvalue weighted by molar-refractivity contribution is 0.0468. The van der Waals surface area contributed by atoms with Crippen LogP contribution in [-0.2, 0) is 11.3 Å². The molecule has 4 aromatic rings. The highest BCUT2D eigenvalue weighted by Gasteiger charge is 2.13. The van der Waals surface area contributed by atoms with E-state index in [-0.39, 0.29) is 18.3 Å². The molecule has 2 aromatic heterocycles. The number of nitrogens with zero attached hydrogens (tertiary/aromatic N) is 1. The van der Waals surface area contributed by atoms with Crippen LogP contribution in [0.25, 0.3) is 10.6 Å². The fourth-order valence-electron chi connectivity index (χ4n) is 2.99. The molecule has 0 radical (unpaired) electrons. The summed E-state index contributed by atoms with van der Waals surface area (Å²) in [6, 6.07) is 15.2. The first-order chi connectivity index (χ1) is 16.1. The highest BCUT2D eigenvalue weighted by Crippen LogP contribution is 2.33. The zero-order chi connectivity index (χ0) is 23.2. The van der Waals surface area contributed by atoms with E-state index in [0.29, 0.717) is 28.4 Å². The first-order valence-electron chi connectivity index (χ1n) is 9.86. The van der Waals surface area contributed by atoms with Gasteiger partial charge in [0.1, 0.15) is 11.6 Å². The lowest BCUT2D eigenvalue weighted by Gasteiger charge is -2.08.